The van der Waals surface area contributed by atoms with Crippen LogP contribution in [0.1, 0.15) is 5.56 Å². The molecule has 0 saturated heterocycles. The minimum atomic E-state index is 0.928. The number of pyridine rings is 1. The number of nitrogens with zero attached hydrogens (tertiary/aromatic N) is 3. The van der Waals surface area contributed by atoms with Crippen molar-refractivity contribution in [2.75, 3.05) is 19.0 Å². The number of hydrogen-bond acceptors (Lipinski definition) is 3. The molecule has 0 aliphatic carbocycles. The van der Waals surface area contributed by atoms with Crippen LogP contribution in [-0.2, 0) is 0 Å². The van der Waals surface area contributed by atoms with E-state index in [1.165, 1.54) is 5.56 Å². The standard InChI is InChI=1S/C17H18N4/c1-12-5-4-6-14(11-12)16-15(13-7-9-18-10-8-13)17(20-19-16)21(2)3/h4-11H,1-3H3,(H,19,20). The van der Waals surface area contributed by atoms with Crippen LogP contribution in [0.25, 0.3) is 22.4 Å². The van der Waals surface area contributed by atoms with E-state index in [4.69, 9.17) is 0 Å². The van der Waals surface area contributed by atoms with Gasteiger partial charge in [-0.2, -0.15) is 5.10 Å². The highest BCUT2D eigenvalue weighted by Crippen LogP contribution is 2.36. The van der Waals surface area contributed by atoms with Crippen LogP contribution in [0.15, 0.2) is 48.8 Å². The van der Waals surface area contributed by atoms with Gasteiger partial charge in [0, 0.05) is 32.1 Å². The molecule has 1 N–H and O–H groups in total. The zero-order chi connectivity index (χ0) is 14.8. The van der Waals surface area contributed by atoms with Crippen LogP contribution in [0.4, 0.5) is 5.82 Å². The Labute approximate surface area is 124 Å². The molecule has 0 saturated carbocycles. The highest BCUT2D eigenvalue weighted by molar-refractivity contribution is 5.88. The lowest BCUT2D eigenvalue weighted by molar-refractivity contribution is 1.01. The summed E-state index contributed by atoms with van der Waals surface area (Å²) in [6.45, 7) is 2.10. The molecule has 0 fully saturated rings. The molecule has 0 unspecified atom stereocenters. The van der Waals surface area contributed by atoms with Gasteiger partial charge in [-0.3, -0.25) is 10.1 Å². The van der Waals surface area contributed by atoms with Crippen molar-refractivity contribution in [1.82, 2.24) is 15.2 Å². The van der Waals surface area contributed by atoms with E-state index in [1.54, 1.807) is 0 Å². The second kappa shape index (κ2) is 5.40. The second-order valence-electron chi connectivity index (χ2n) is 5.30. The maximum atomic E-state index is 4.48. The molecular weight excluding hydrogens is 260 g/mol. The lowest BCUT2D eigenvalue weighted by Crippen LogP contribution is -2.10. The fourth-order valence-electron chi connectivity index (χ4n) is 2.46. The maximum Gasteiger partial charge on any atom is 0.158 e. The first-order valence-corrected chi connectivity index (χ1v) is 6.90. The smallest absolute Gasteiger partial charge is 0.158 e. The van der Waals surface area contributed by atoms with Crippen LogP contribution in [0.2, 0.25) is 0 Å². The Morgan fingerprint density at radius 3 is 2.43 bits per heavy atom. The van der Waals surface area contributed by atoms with Gasteiger partial charge in [-0.1, -0.05) is 23.8 Å². The summed E-state index contributed by atoms with van der Waals surface area (Å²) in [5.74, 6) is 0.928. The van der Waals surface area contributed by atoms with E-state index in [9.17, 15) is 0 Å². The van der Waals surface area contributed by atoms with E-state index in [1.807, 2.05) is 43.5 Å². The summed E-state index contributed by atoms with van der Waals surface area (Å²) < 4.78 is 0. The lowest BCUT2D eigenvalue weighted by atomic mass is 10.0. The van der Waals surface area contributed by atoms with Crippen molar-refractivity contribution < 1.29 is 0 Å². The summed E-state index contributed by atoms with van der Waals surface area (Å²) in [7, 11) is 4.00. The molecule has 4 nitrogen and oxygen atoms in total. The quantitative estimate of drug-likeness (QED) is 0.797. The summed E-state index contributed by atoms with van der Waals surface area (Å²) in [6.07, 6.45) is 3.61. The number of aromatic nitrogens is 3. The molecule has 0 atom stereocenters. The number of aromatic amines is 1. The predicted octanol–water partition coefficient (Wildman–Crippen LogP) is 3.51. The van der Waals surface area contributed by atoms with Crippen molar-refractivity contribution in [2.45, 2.75) is 6.92 Å². The van der Waals surface area contributed by atoms with Crippen LogP contribution in [0.5, 0.6) is 0 Å². The largest absolute Gasteiger partial charge is 0.361 e. The predicted molar refractivity (Wildman–Crippen MR) is 86.3 cm³/mol. The molecule has 1 aromatic carbocycles. The third-order valence-corrected chi connectivity index (χ3v) is 3.45. The highest BCUT2D eigenvalue weighted by atomic mass is 15.2. The van der Waals surface area contributed by atoms with Gasteiger partial charge in [-0.05, 0) is 30.7 Å². The number of nitrogens with one attached hydrogen (secondary N) is 1. The first kappa shape index (κ1) is 13.4. The fourth-order valence-corrected chi connectivity index (χ4v) is 2.46. The van der Waals surface area contributed by atoms with Crippen molar-refractivity contribution >= 4 is 5.82 Å². The molecule has 2 heterocycles. The van der Waals surface area contributed by atoms with Gasteiger partial charge >= 0.3 is 0 Å². The fraction of sp³-hybridized carbons (Fsp3) is 0.176. The summed E-state index contributed by atoms with van der Waals surface area (Å²) in [5.41, 5.74) is 5.62. The first-order valence-electron chi connectivity index (χ1n) is 6.90. The highest BCUT2D eigenvalue weighted by Gasteiger charge is 2.17. The van der Waals surface area contributed by atoms with Gasteiger partial charge in [0.15, 0.2) is 5.82 Å². The van der Waals surface area contributed by atoms with E-state index in [0.29, 0.717) is 0 Å². The molecule has 0 aliphatic heterocycles. The maximum absolute atomic E-state index is 4.48. The molecule has 21 heavy (non-hydrogen) atoms. The van der Waals surface area contributed by atoms with E-state index in [2.05, 4.69) is 46.4 Å². The van der Waals surface area contributed by atoms with Gasteiger partial charge < -0.3 is 4.90 Å². The Kier molecular flexibility index (Phi) is 3.44. The Morgan fingerprint density at radius 1 is 1.00 bits per heavy atom. The second-order valence-corrected chi connectivity index (χ2v) is 5.30. The Balaban J connectivity index is 2.23. The monoisotopic (exact) mass is 278 g/mol. The summed E-state index contributed by atoms with van der Waals surface area (Å²) >= 11 is 0. The molecule has 0 amide bonds. The summed E-state index contributed by atoms with van der Waals surface area (Å²) in [5, 5.41) is 7.66. The topological polar surface area (TPSA) is 44.8 Å². The third-order valence-electron chi connectivity index (χ3n) is 3.45. The van der Waals surface area contributed by atoms with Crippen LogP contribution >= 0.6 is 0 Å². The summed E-state index contributed by atoms with van der Waals surface area (Å²) in [4.78, 5) is 6.12. The van der Waals surface area contributed by atoms with Gasteiger partial charge in [0.1, 0.15) is 0 Å². The Hall–Kier alpha value is -2.62. The Bertz CT molecular complexity index is 744. The normalized spacial score (nSPS) is 10.6. The molecule has 0 bridgehead atoms. The van der Waals surface area contributed by atoms with E-state index in [-0.39, 0.29) is 0 Å². The number of aryl methyl sites for hydroxylation is 1. The molecule has 0 radical (unpaired) electrons. The van der Waals surface area contributed by atoms with Crippen molar-refractivity contribution in [3.63, 3.8) is 0 Å². The molecule has 3 rings (SSSR count). The van der Waals surface area contributed by atoms with Gasteiger partial charge in [-0.25, -0.2) is 0 Å². The molecule has 3 aromatic rings. The van der Waals surface area contributed by atoms with Crippen molar-refractivity contribution in [1.29, 1.82) is 0 Å². The number of anilines is 1. The third kappa shape index (κ3) is 2.52. The van der Waals surface area contributed by atoms with Gasteiger partial charge in [-0.15, -0.1) is 0 Å². The van der Waals surface area contributed by atoms with Crippen molar-refractivity contribution in [3.8, 4) is 22.4 Å². The SMILES string of the molecule is Cc1cccc(-c2[nH]nc(N(C)C)c2-c2ccncc2)c1. The zero-order valence-corrected chi connectivity index (χ0v) is 12.5. The number of H-pyrrole nitrogens is 1. The minimum Gasteiger partial charge on any atom is -0.361 e. The molecule has 2 aromatic heterocycles. The zero-order valence-electron chi connectivity index (χ0n) is 12.5. The number of benzene rings is 1. The average Bonchev–Trinajstić information content (AvgIpc) is 2.93. The Morgan fingerprint density at radius 2 is 1.76 bits per heavy atom. The molecule has 0 spiro atoms. The van der Waals surface area contributed by atoms with Gasteiger partial charge in [0.25, 0.3) is 0 Å². The molecule has 4 heteroatoms. The van der Waals surface area contributed by atoms with Crippen LogP contribution in [-0.4, -0.2) is 29.3 Å². The van der Waals surface area contributed by atoms with Crippen LogP contribution < -0.4 is 4.90 Å². The molecular formula is C17H18N4. The molecule has 0 aliphatic rings. The number of rotatable bonds is 3. The summed E-state index contributed by atoms with van der Waals surface area (Å²) in [6, 6.07) is 12.5. The van der Waals surface area contributed by atoms with E-state index < -0.39 is 0 Å². The van der Waals surface area contributed by atoms with Crippen molar-refractivity contribution in [2.24, 2.45) is 0 Å². The lowest BCUT2D eigenvalue weighted by Gasteiger charge is -2.12. The van der Waals surface area contributed by atoms with Crippen LogP contribution in [0.3, 0.4) is 0 Å². The first-order chi connectivity index (χ1) is 10.2. The number of hydrogen-bond donors (Lipinski definition) is 1. The average molecular weight is 278 g/mol. The van der Waals surface area contributed by atoms with E-state index in [0.717, 1.165) is 28.2 Å². The van der Waals surface area contributed by atoms with Gasteiger partial charge in [0.05, 0.1) is 11.3 Å². The molecule has 106 valence electrons. The minimum absolute atomic E-state index is 0.928. The van der Waals surface area contributed by atoms with E-state index >= 15 is 0 Å². The van der Waals surface area contributed by atoms with Gasteiger partial charge in [0.2, 0.25) is 0 Å². The van der Waals surface area contributed by atoms with Crippen molar-refractivity contribution in [3.05, 3.63) is 54.4 Å². The van der Waals surface area contributed by atoms with Crippen LogP contribution in [0, 0.1) is 6.92 Å².